The number of carbonyl (C=O) groups excluding carboxylic acids is 1. The van der Waals surface area contributed by atoms with Crippen LogP contribution in [0.1, 0.15) is 22.2 Å². The molecular weight excluding hydrogens is 360 g/mol. The van der Waals surface area contributed by atoms with Crippen LogP contribution in [0.3, 0.4) is 0 Å². The Balaban J connectivity index is 2.23. The van der Waals surface area contributed by atoms with E-state index >= 15 is 0 Å². The van der Waals surface area contributed by atoms with E-state index in [2.05, 4.69) is 15.9 Å². The van der Waals surface area contributed by atoms with Gasteiger partial charge in [0, 0.05) is 11.4 Å². The van der Waals surface area contributed by atoms with Gasteiger partial charge in [0.05, 0.1) is 26.6 Å². The van der Waals surface area contributed by atoms with E-state index < -0.39 is 0 Å². The van der Waals surface area contributed by atoms with E-state index in [1.165, 1.54) is 0 Å². The summed E-state index contributed by atoms with van der Waals surface area (Å²) >= 11 is 11.2. The van der Waals surface area contributed by atoms with Gasteiger partial charge in [-0.15, -0.1) is 11.3 Å². The minimum absolute atomic E-state index is 0.102. The van der Waals surface area contributed by atoms with Gasteiger partial charge >= 0.3 is 0 Å². The second kappa shape index (κ2) is 6.61. The van der Waals surface area contributed by atoms with Gasteiger partial charge in [0.1, 0.15) is 0 Å². The van der Waals surface area contributed by atoms with E-state index in [0.717, 1.165) is 8.66 Å². The highest BCUT2D eigenvalue weighted by atomic mass is 79.9. The highest BCUT2D eigenvalue weighted by Crippen LogP contribution is 2.27. The Morgan fingerprint density at radius 2 is 2.15 bits per heavy atom. The largest absolute Gasteiger partial charge is 0.398 e. The predicted molar refractivity (Wildman–Crippen MR) is 88.3 cm³/mol. The van der Waals surface area contributed by atoms with Gasteiger partial charge in [0.2, 0.25) is 0 Å². The number of benzene rings is 1. The molecule has 0 fully saturated rings. The molecule has 20 heavy (non-hydrogen) atoms. The maximum Gasteiger partial charge on any atom is 0.255 e. The van der Waals surface area contributed by atoms with Gasteiger partial charge in [0.25, 0.3) is 5.91 Å². The molecule has 0 radical (unpaired) electrons. The molecule has 0 saturated heterocycles. The van der Waals surface area contributed by atoms with Crippen molar-refractivity contribution in [3.05, 3.63) is 49.6 Å². The zero-order valence-electron chi connectivity index (χ0n) is 10.9. The minimum atomic E-state index is -0.102. The molecular formula is C14H14BrClN2OS. The summed E-state index contributed by atoms with van der Waals surface area (Å²) in [5.41, 5.74) is 6.62. The summed E-state index contributed by atoms with van der Waals surface area (Å²) in [5, 5.41) is 0.323. The van der Waals surface area contributed by atoms with Crippen molar-refractivity contribution < 1.29 is 4.79 Å². The Labute approximate surface area is 135 Å². The Bertz CT molecular complexity index is 629. The van der Waals surface area contributed by atoms with Crippen molar-refractivity contribution in [2.45, 2.75) is 13.5 Å². The van der Waals surface area contributed by atoms with Crippen LogP contribution in [0, 0.1) is 0 Å². The lowest BCUT2D eigenvalue weighted by atomic mass is 10.1. The third-order valence-electron chi connectivity index (χ3n) is 2.90. The van der Waals surface area contributed by atoms with Gasteiger partial charge in [0.15, 0.2) is 0 Å². The van der Waals surface area contributed by atoms with Crippen molar-refractivity contribution in [1.82, 2.24) is 4.90 Å². The lowest BCUT2D eigenvalue weighted by Gasteiger charge is -2.21. The number of nitrogen functional groups attached to an aromatic ring is 1. The van der Waals surface area contributed by atoms with Crippen LogP contribution in [-0.2, 0) is 6.54 Å². The van der Waals surface area contributed by atoms with E-state index in [1.54, 1.807) is 34.4 Å². The van der Waals surface area contributed by atoms with Crippen LogP contribution < -0.4 is 5.73 Å². The van der Waals surface area contributed by atoms with Crippen molar-refractivity contribution in [3.63, 3.8) is 0 Å². The van der Waals surface area contributed by atoms with E-state index in [-0.39, 0.29) is 5.91 Å². The normalized spacial score (nSPS) is 10.6. The van der Waals surface area contributed by atoms with Crippen LogP contribution in [0.5, 0.6) is 0 Å². The standard InChI is InChI=1S/C14H14BrClN2OS/c1-2-18(8-9-6-7-12(15)20-9)14(19)10-4-3-5-11(17)13(10)16/h3-7H,2,8,17H2,1H3. The molecule has 2 N–H and O–H groups in total. The van der Waals surface area contributed by atoms with Gasteiger partial charge in [-0.1, -0.05) is 17.7 Å². The number of carbonyl (C=O) groups is 1. The van der Waals surface area contributed by atoms with Crippen LogP contribution >= 0.6 is 38.9 Å². The summed E-state index contributed by atoms with van der Waals surface area (Å²) in [7, 11) is 0. The van der Waals surface area contributed by atoms with E-state index in [0.29, 0.717) is 29.4 Å². The summed E-state index contributed by atoms with van der Waals surface area (Å²) in [4.78, 5) is 15.4. The number of halogens is 2. The van der Waals surface area contributed by atoms with Gasteiger partial charge < -0.3 is 10.6 Å². The summed E-state index contributed by atoms with van der Waals surface area (Å²) in [6.45, 7) is 3.12. The molecule has 1 aromatic heterocycles. The molecule has 1 aromatic carbocycles. The average Bonchev–Trinajstić information content (AvgIpc) is 2.84. The topological polar surface area (TPSA) is 46.3 Å². The highest BCUT2D eigenvalue weighted by molar-refractivity contribution is 9.11. The second-order valence-electron chi connectivity index (χ2n) is 4.23. The maximum absolute atomic E-state index is 12.5. The third-order valence-corrected chi connectivity index (χ3v) is 4.93. The average molecular weight is 374 g/mol. The van der Waals surface area contributed by atoms with Crippen molar-refractivity contribution in [3.8, 4) is 0 Å². The third kappa shape index (κ3) is 3.34. The number of hydrogen-bond acceptors (Lipinski definition) is 3. The van der Waals surface area contributed by atoms with Crippen LogP contribution in [-0.4, -0.2) is 17.4 Å². The molecule has 0 saturated carbocycles. The first-order valence-corrected chi connectivity index (χ1v) is 8.09. The van der Waals surface area contributed by atoms with Gasteiger partial charge in [-0.25, -0.2) is 0 Å². The molecule has 0 bridgehead atoms. The van der Waals surface area contributed by atoms with Crippen molar-refractivity contribution in [2.75, 3.05) is 12.3 Å². The fourth-order valence-corrected chi connectivity index (χ4v) is 3.54. The van der Waals surface area contributed by atoms with E-state index in [4.69, 9.17) is 17.3 Å². The monoisotopic (exact) mass is 372 g/mol. The molecule has 0 unspecified atom stereocenters. The molecule has 1 heterocycles. The summed E-state index contributed by atoms with van der Waals surface area (Å²) in [6, 6.07) is 9.11. The second-order valence-corrected chi connectivity index (χ2v) is 7.16. The van der Waals surface area contributed by atoms with Crippen LogP contribution in [0.15, 0.2) is 34.1 Å². The summed E-state index contributed by atoms with van der Waals surface area (Å²) in [5.74, 6) is -0.102. The lowest BCUT2D eigenvalue weighted by molar-refractivity contribution is 0.0754. The van der Waals surface area contributed by atoms with Crippen LogP contribution in [0.4, 0.5) is 5.69 Å². The van der Waals surface area contributed by atoms with E-state index in [1.807, 2.05) is 19.1 Å². The first-order chi connectivity index (χ1) is 9.52. The molecule has 2 rings (SSSR count). The van der Waals surface area contributed by atoms with Gasteiger partial charge in [-0.3, -0.25) is 4.79 Å². The number of rotatable bonds is 4. The first-order valence-electron chi connectivity index (χ1n) is 6.10. The number of amides is 1. The van der Waals surface area contributed by atoms with Crippen molar-refractivity contribution in [2.24, 2.45) is 0 Å². The van der Waals surface area contributed by atoms with Gasteiger partial charge in [-0.2, -0.15) is 0 Å². The molecule has 106 valence electrons. The summed E-state index contributed by atoms with van der Waals surface area (Å²) in [6.07, 6.45) is 0. The number of thiophene rings is 1. The quantitative estimate of drug-likeness (QED) is 0.807. The molecule has 0 atom stereocenters. The molecule has 6 heteroatoms. The van der Waals surface area contributed by atoms with Gasteiger partial charge in [-0.05, 0) is 47.1 Å². The van der Waals surface area contributed by atoms with Crippen LogP contribution in [0.2, 0.25) is 5.02 Å². The number of hydrogen-bond donors (Lipinski definition) is 1. The Morgan fingerprint density at radius 3 is 2.75 bits per heavy atom. The fourth-order valence-electron chi connectivity index (χ4n) is 1.84. The van der Waals surface area contributed by atoms with Crippen LogP contribution in [0.25, 0.3) is 0 Å². The van der Waals surface area contributed by atoms with Crippen molar-refractivity contribution >= 4 is 50.5 Å². The molecule has 0 aliphatic carbocycles. The molecule has 2 aromatic rings. The number of nitrogens with two attached hydrogens (primary N) is 1. The zero-order chi connectivity index (χ0) is 14.7. The SMILES string of the molecule is CCN(Cc1ccc(Br)s1)C(=O)c1cccc(N)c1Cl. The molecule has 3 nitrogen and oxygen atoms in total. The van der Waals surface area contributed by atoms with E-state index in [9.17, 15) is 4.79 Å². The number of nitrogens with zero attached hydrogens (tertiary/aromatic N) is 1. The predicted octanol–water partition coefficient (Wildman–Crippen LogP) is 4.41. The maximum atomic E-state index is 12.5. The lowest BCUT2D eigenvalue weighted by Crippen LogP contribution is -2.30. The Kier molecular flexibility index (Phi) is 5.07. The minimum Gasteiger partial charge on any atom is -0.398 e. The molecule has 0 aliphatic heterocycles. The summed E-state index contributed by atoms with van der Waals surface area (Å²) < 4.78 is 1.05. The first kappa shape index (κ1) is 15.4. The number of anilines is 1. The Hall–Kier alpha value is -1.04. The van der Waals surface area contributed by atoms with Crippen molar-refractivity contribution in [1.29, 1.82) is 0 Å². The zero-order valence-corrected chi connectivity index (χ0v) is 14.1. The Morgan fingerprint density at radius 1 is 1.40 bits per heavy atom. The molecule has 0 aliphatic rings. The smallest absolute Gasteiger partial charge is 0.255 e. The molecule has 1 amide bonds. The fraction of sp³-hybridized carbons (Fsp3) is 0.214. The molecule has 0 spiro atoms. The highest BCUT2D eigenvalue weighted by Gasteiger charge is 2.19.